The Morgan fingerprint density at radius 3 is 2.53 bits per heavy atom. The molecule has 0 fully saturated rings. The minimum Gasteiger partial charge on any atom is -0.497 e. The molecule has 0 aliphatic carbocycles. The Morgan fingerprint density at radius 1 is 0.936 bits per heavy atom. The van der Waals surface area contributed by atoms with Crippen LogP contribution in [0.2, 0.25) is 0 Å². The van der Waals surface area contributed by atoms with Gasteiger partial charge >= 0.3 is 6.18 Å². The molecule has 47 heavy (non-hydrogen) atoms. The maximum atomic E-state index is 13.4. The fraction of sp³-hybridized carbons (Fsp3) is 0.152. The molecule has 236 valence electrons. The van der Waals surface area contributed by atoms with E-state index in [0.29, 0.717) is 33.6 Å². The fourth-order valence-electron chi connectivity index (χ4n) is 5.37. The van der Waals surface area contributed by atoms with Crippen molar-refractivity contribution in [1.82, 2.24) is 39.1 Å². The molecule has 0 radical (unpaired) electrons. The van der Waals surface area contributed by atoms with E-state index in [-0.39, 0.29) is 24.8 Å². The van der Waals surface area contributed by atoms with E-state index in [9.17, 15) is 18.0 Å². The van der Waals surface area contributed by atoms with Gasteiger partial charge in [-0.2, -0.15) is 32.9 Å². The second kappa shape index (κ2) is 11.7. The molecular weight excluding hydrogens is 611 g/mol. The summed E-state index contributed by atoms with van der Waals surface area (Å²) in [4.78, 5) is 22.7. The zero-order valence-corrected chi connectivity index (χ0v) is 25.1. The summed E-state index contributed by atoms with van der Waals surface area (Å²) < 4.78 is 49.4. The third-order valence-electron chi connectivity index (χ3n) is 7.58. The average molecular weight is 638 g/mol. The highest BCUT2D eigenvalue weighted by Gasteiger charge is 2.30. The largest absolute Gasteiger partial charge is 0.497 e. The summed E-state index contributed by atoms with van der Waals surface area (Å²) in [6.07, 6.45) is 0.561. The number of methoxy groups -OCH3 is 1. The number of amides is 1. The van der Waals surface area contributed by atoms with Crippen molar-refractivity contribution in [3.8, 4) is 28.3 Å². The lowest BCUT2D eigenvalue weighted by Gasteiger charge is -2.11. The van der Waals surface area contributed by atoms with Gasteiger partial charge in [0.15, 0.2) is 17.1 Å². The molecule has 0 aliphatic rings. The number of nitrogens with zero attached hydrogens (tertiary/aromatic N) is 8. The van der Waals surface area contributed by atoms with Crippen LogP contribution in [0.5, 0.6) is 5.75 Å². The summed E-state index contributed by atoms with van der Waals surface area (Å²) in [5, 5.41) is 16.8. The van der Waals surface area contributed by atoms with Gasteiger partial charge in [-0.05, 0) is 46.5 Å². The first-order valence-corrected chi connectivity index (χ1v) is 14.5. The van der Waals surface area contributed by atoms with E-state index in [2.05, 4.69) is 25.6 Å². The Bertz CT molecular complexity index is 2250. The third-order valence-corrected chi connectivity index (χ3v) is 7.58. The van der Waals surface area contributed by atoms with E-state index in [1.54, 1.807) is 37.3 Å². The zero-order valence-electron chi connectivity index (χ0n) is 25.1. The smallest absolute Gasteiger partial charge is 0.416 e. The number of anilines is 1. The van der Waals surface area contributed by atoms with Crippen molar-refractivity contribution >= 4 is 28.5 Å². The van der Waals surface area contributed by atoms with Gasteiger partial charge in [0.2, 0.25) is 11.9 Å². The number of hydrogen-bond acceptors (Lipinski definition) is 7. The molecule has 0 saturated heterocycles. The number of benzene rings is 3. The lowest BCUT2D eigenvalue weighted by molar-refractivity contribution is -0.137. The quantitative estimate of drug-likeness (QED) is 0.224. The van der Waals surface area contributed by atoms with Crippen LogP contribution in [-0.4, -0.2) is 52.2 Å². The van der Waals surface area contributed by atoms with Gasteiger partial charge in [0.05, 0.1) is 42.8 Å². The van der Waals surface area contributed by atoms with Crippen molar-refractivity contribution in [3.05, 3.63) is 108 Å². The molecule has 11 nitrogen and oxygen atoms in total. The number of aromatic nitrogens is 8. The summed E-state index contributed by atoms with van der Waals surface area (Å²) in [6, 6.07) is 20.4. The summed E-state index contributed by atoms with van der Waals surface area (Å²) in [7, 11) is 3.36. The highest BCUT2D eigenvalue weighted by Crippen LogP contribution is 2.30. The minimum atomic E-state index is -4.44. The highest BCUT2D eigenvalue weighted by molar-refractivity contribution is 5.95. The van der Waals surface area contributed by atoms with E-state index in [1.807, 2.05) is 48.5 Å². The van der Waals surface area contributed by atoms with Gasteiger partial charge < -0.3 is 4.74 Å². The maximum absolute atomic E-state index is 13.4. The summed E-state index contributed by atoms with van der Waals surface area (Å²) in [6.45, 7) is 0.116. The molecule has 0 unspecified atom stereocenters. The fourth-order valence-corrected chi connectivity index (χ4v) is 5.37. The second-order valence-electron chi connectivity index (χ2n) is 10.9. The SMILES string of the molecule is COc1ccc(-c2ccccc2CC(=O)Nc2nc3nn(C)cc3c3nc(-c4cnn(Cc5cccc(C(F)(F)F)c5)c4)nn23)cc1. The normalized spacial score (nSPS) is 11.8. The molecule has 0 spiro atoms. The summed E-state index contributed by atoms with van der Waals surface area (Å²) in [5.74, 6) is 0.840. The van der Waals surface area contributed by atoms with Crippen molar-refractivity contribution in [1.29, 1.82) is 0 Å². The molecule has 1 amide bonds. The molecule has 0 atom stereocenters. The Balaban J connectivity index is 1.18. The van der Waals surface area contributed by atoms with Gasteiger partial charge in [0, 0.05) is 19.4 Å². The molecular formula is C33H26F3N9O2. The van der Waals surface area contributed by atoms with Crippen LogP contribution < -0.4 is 10.1 Å². The number of carbonyl (C=O) groups excluding carboxylic acids is 1. The van der Waals surface area contributed by atoms with Crippen LogP contribution in [0.25, 0.3) is 39.2 Å². The molecule has 7 rings (SSSR count). The first kappa shape index (κ1) is 29.6. The number of carbonyl (C=O) groups is 1. The molecule has 1 N–H and O–H groups in total. The van der Waals surface area contributed by atoms with E-state index in [4.69, 9.17) is 9.72 Å². The van der Waals surface area contributed by atoms with Gasteiger partial charge in [-0.25, -0.2) is 4.98 Å². The number of alkyl halides is 3. The van der Waals surface area contributed by atoms with Crippen LogP contribution in [0.4, 0.5) is 19.1 Å². The molecule has 3 aromatic carbocycles. The number of aryl methyl sites for hydroxylation is 1. The van der Waals surface area contributed by atoms with Crippen LogP contribution in [0, 0.1) is 0 Å². The Labute approximate surface area is 265 Å². The van der Waals surface area contributed by atoms with E-state index < -0.39 is 11.7 Å². The van der Waals surface area contributed by atoms with Gasteiger partial charge in [-0.15, -0.1) is 5.10 Å². The lowest BCUT2D eigenvalue weighted by Crippen LogP contribution is -2.18. The van der Waals surface area contributed by atoms with Crippen molar-refractivity contribution in [3.63, 3.8) is 0 Å². The predicted octanol–water partition coefficient (Wildman–Crippen LogP) is 5.80. The first-order valence-electron chi connectivity index (χ1n) is 14.5. The first-order chi connectivity index (χ1) is 22.6. The summed E-state index contributed by atoms with van der Waals surface area (Å²) in [5.41, 5.74) is 3.70. The van der Waals surface area contributed by atoms with Crippen LogP contribution in [-0.2, 0) is 31.0 Å². The van der Waals surface area contributed by atoms with Crippen LogP contribution >= 0.6 is 0 Å². The molecule has 0 aliphatic heterocycles. The standard InChI is InChI=1S/C33H26F3N9O2/c1-43-19-27-30(41-43)40-32(38-28(46)15-22-7-3-4-9-26(22)21-10-12-25(47-2)13-11-21)45-31(27)39-29(42-45)23-16-37-44(18-23)17-20-6-5-8-24(14-20)33(34,35)36/h3-14,16,18-19H,15,17H2,1-2H3,(H,38,40,41,46). The second-order valence-corrected chi connectivity index (χ2v) is 10.9. The van der Waals surface area contributed by atoms with E-state index >= 15 is 0 Å². The number of halogens is 3. The van der Waals surface area contributed by atoms with Crippen molar-refractivity contribution < 1.29 is 22.7 Å². The number of nitrogens with one attached hydrogen (secondary N) is 1. The molecule has 4 aromatic heterocycles. The molecule has 7 aromatic rings. The third kappa shape index (κ3) is 6.00. The van der Waals surface area contributed by atoms with Crippen molar-refractivity contribution in [2.24, 2.45) is 7.05 Å². The van der Waals surface area contributed by atoms with Gasteiger partial charge in [0.25, 0.3) is 0 Å². The molecule has 0 bridgehead atoms. The van der Waals surface area contributed by atoms with Crippen molar-refractivity contribution in [2.75, 3.05) is 12.4 Å². The molecule has 14 heteroatoms. The van der Waals surface area contributed by atoms with E-state index in [1.165, 1.54) is 21.5 Å². The zero-order chi connectivity index (χ0) is 32.7. The van der Waals surface area contributed by atoms with E-state index in [0.717, 1.165) is 34.6 Å². The number of hydrogen-bond donors (Lipinski definition) is 1. The summed E-state index contributed by atoms with van der Waals surface area (Å²) >= 11 is 0. The highest BCUT2D eigenvalue weighted by atomic mass is 19.4. The number of ether oxygens (including phenoxy) is 1. The number of fused-ring (bicyclic) bond motifs is 3. The monoisotopic (exact) mass is 637 g/mol. The van der Waals surface area contributed by atoms with Crippen LogP contribution in [0.15, 0.2) is 91.4 Å². The lowest BCUT2D eigenvalue weighted by atomic mass is 9.97. The topological polar surface area (TPSA) is 117 Å². The minimum absolute atomic E-state index is 0.0650. The number of rotatable bonds is 8. The van der Waals surface area contributed by atoms with Crippen LogP contribution in [0.1, 0.15) is 16.7 Å². The Morgan fingerprint density at radius 2 is 1.74 bits per heavy atom. The average Bonchev–Trinajstić information content (AvgIpc) is 3.79. The van der Waals surface area contributed by atoms with Gasteiger partial charge in [-0.3, -0.25) is 19.5 Å². The Hall–Kier alpha value is -6.05. The maximum Gasteiger partial charge on any atom is 0.416 e. The van der Waals surface area contributed by atoms with Gasteiger partial charge in [0.1, 0.15) is 5.75 Å². The predicted molar refractivity (Wildman–Crippen MR) is 168 cm³/mol. The van der Waals surface area contributed by atoms with Crippen molar-refractivity contribution in [2.45, 2.75) is 19.1 Å². The Kier molecular flexibility index (Phi) is 7.39. The molecule has 0 saturated carbocycles. The van der Waals surface area contributed by atoms with Gasteiger partial charge in [-0.1, -0.05) is 48.5 Å². The van der Waals surface area contributed by atoms with Crippen LogP contribution in [0.3, 0.4) is 0 Å². The molecule has 4 heterocycles.